The van der Waals surface area contributed by atoms with Gasteiger partial charge in [-0.1, -0.05) is 18.2 Å². The molecule has 0 fully saturated rings. The van der Waals surface area contributed by atoms with E-state index in [1.807, 2.05) is 54.6 Å². The molecule has 1 aromatic heterocycles. The number of rotatable bonds is 1. The Hall–Kier alpha value is -2.33. The second-order valence-corrected chi connectivity index (χ2v) is 5.62. The van der Waals surface area contributed by atoms with Crippen molar-refractivity contribution in [3.63, 3.8) is 0 Å². The summed E-state index contributed by atoms with van der Waals surface area (Å²) in [6, 6.07) is 17.5. The predicted octanol–water partition coefficient (Wildman–Crippen LogP) is 3.99. The van der Waals surface area contributed by atoms with Crippen LogP contribution >= 0.6 is 22.6 Å². The highest BCUT2D eigenvalue weighted by atomic mass is 127. The van der Waals surface area contributed by atoms with E-state index >= 15 is 0 Å². The molecule has 0 saturated heterocycles. The molecule has 2 aromatic carbocycles. The second-order valence-electron chi connectivity index (χ2n) is 4.38. The van der Waals surface area contributed by atoms with Crippen LogP contribution in [0, 0.1) is 14.9 Å². The fourth-order valence-electron chi connectivity index (χ4n) is 1.83. The monoisotopic (exact) mass is 403 g/mol. The standard InChI is InChI=1S/C10H6IN3.C7H8O/c11-7-1-2-9-8(3-7)10(13)6(4-12)5-14-9;1-8-7-5-3-2-4-6-7/h1-3,5H,(H2,13,14);2-6H,1H3. The van der Waals surface area contributed by atoms with Crippen LogP contribution in [0.2, 0.25) is 0 Å². The highest BCUT2D eigenvalue weighted by molar-refractivity contribution is 14.1. The summed E-state index contributed by atoms with van der Waals surface area (Å²) in [6.07, 6.45) is 1.50. The Kier molecular flexibility index (Phi) is 5.55. The molecule has 0 aliphatic carbocycles. The number of benzene rings is 2. The third kappa shape index (κ3) is 3.86. The Morgan fingerprint density at radius 3 is 2.50 bits per heavy atom. The predicted molar refractivity (Wildman–Crippen MR) is 96.6 cm³/mol. The zero-order valence-corrected chi connectivity index (χ0v) is 14.1. The zero-order chi connectivity index (χ0) is 15.9. The van der Waals surface area contributed by atoms with Crippen molar-refractivity contribution in [2.24, 2.45) is 0 Å². The van der Waals surface area contributed by atoms with Crippen molar-refractivity contribution in [2.45, 2.75) is 0 Å². The van der Waals surface area contributed by atoms with Crippen molar-refractivity contribution in [3.8, 4) is 11.8 Å². The van der Waals surface area contributed by atoms with Crippen LogP contribution < -0.4 is 10.5 Å². The van der Waals surface area contributed by atoms with Crippen molar-refractivity contribution in [2.75, 3.05) is 12.8 Å². The van der Waals surface area contributed by atoms with E-state index in [2.05, 4.69) is 27.6 Å². The Labute approximate surface area is 142 Å². The molecule has 0 radical (unpaired) electrons. The number of pyridine rings is 1. The number of nitrogens with two attached hydrogens (primary N) is 1. The number of nitrogens with zero attached hydrogens (tertiary/aromatic N) is 2. The minimum atomic E-state index is 0.430. The van der Waals surface area contributed by atoms with Crippen LogP contribution in [0.5, 0.6) is 5.75 Å². The average molecular weight is 403 g/mol. The van der Waals surface area contributed by atoms with E-state index in [1.165, 1.54) is 6.20 Å². The lowest BCUT2D eigenvalue weighted by Gasteiger charge is -2.02. The van der Waals surface area contributed by atoms with Crippen molar-refractivity contribution >= 4 is 39.2 Å². The fourth-order valence-corrected chi connectivity index (χ4v) is 2.32. The largest absolute Gasteiger partial charge is 0.497 e. The number of anilines is 1. The van der Waals surface area contributed by atoms with Gasteiger partial charge in [-0.3, -0.25) is 4.98 Å². The van der Waals surface area contributed by atoms with Crippen LogP contribution in [0.15, 0.2) is 54.7 Å². The maximum Gasteiger partial charge on any atom is 0.118 e. The van der Waals surface area contributed by atoms with E-state index in [4.69, 9.17) is 15.7 Å². The minimum absolute atomic E-state index is 0.430. The van der Waals surface area contributed by atoms with Crippen molar-refractivity contribution in [1.82, 2.24) is 4.98 Å². The first-order chi connectivity index (χ1) is 10.7. The van der Waals surface area contributed by atoms with E-state index in [-0.39, 0.29) is 0 Å². The molecule has 3 aromatic rings. The lowest BCUT2D eigenvalue weighted by atomic mass is 10.1. The third-order valence-corrected chi connectivity index (χ3v) is 3.64. The van der Waals surface area contributed by atoms with Gasteiger partial charge in [0, 0.05) is 15.2 Å². The van der Waals surface area contributed by atoms with E-state index in [0.29, 0.717) is 11.3 Å². The highest BCUT2D eigenvalue weighted by Gasteiger charge is 2.04. The van der Waals surface area contributed by atoms with Gasteiger partial charge in [-0.05, 0) is 52.9 Å². The first-order valence-electron chi connectivity index (χ1n) is 6.48. The van der Waals surface area contributed by atoms with Gasteiger partial charge in [0.1, 0.15) is 11.8 Å². The molecule has 0 aliphatic rings. The summed E-state index contributed by atoms with van der Waals surface area (Å²) in [5, 5.41) is 9.62. The SMILES string of the molecule is COc1ccccc1.N#Cc1cnc2ccc(I)cc2c1N. The molecular weight excluding hydrogens is 389 g/mol. The maximum absolute atomic E-state index is 8.78. The van der Waals surface area contributed by atoms with Gasteiger partial charge in [-0.25, -0.2) is 0 Å². The van der Waals surface area contributed by atoms with Gasteiger partial charge >= 0.3 is 0 Å². The molecule has 1 heterocycles. The van der Waals surface area contributed by atoms with Gasteiger partial charge in [0.15, 0.2) is 0 Å². The number of fused-ring (bicyclic) bond motifs is 1. The molecule has 110 valence electrons. The average Bonchev–Trinajstić information content (AvgIpc) is 2.57. The number of nitriles is 1. The summed E-state index contributed by atoms with van der Waals surface area (Å²) in [4.78, 5) is 4.15. The first kappa shape index (κ1) is 16.0. The molecule has 22 heavy (non-hydrogen) atoms. The van der Waals surface area contributed by atoms with Gasteiger partial charge in [-0.2, -0.15) is 5.26 Å². The van der Waals surface area contributed by atoms with Gasteiger partial charge in [0.2, 0.25) is 0 Å². The number of hydrogen-bond acceptors (Lipinski definition) is 4. The number of methoxy groups -OCH3 is 1. The zero-order valence-electron chi connectivity index (χ0n) is 12.0. The number of aromatic nitrogens is 1. The maximum atomic E-state index is 8.78. The van der Waals surface area contributed by atoms with Gasteiger partial charge < -0.3 is 10.5 Å². The van der Waals surface area contributed by atoms with Crippen molar-refractivity contribution in [1.29, 1.82) is 5.26 Å². The van der Waals surface area contributed by atoms with Gasteiger partial charge in [-0.15, -0.1) is 0 Å². The summed E-state index contributed by atoms with van der Waals surface area (Å²) < 4.78 is 6.00. The normalized spacial score (nSPS) is 9.50. The van der Waals surface area contributed by atoms with Crippen molar-refractivity contribution < 1.29 is 4.74 Å². The molecule has 5 heteroatoms. The molecule has 2 N–H and O–H groups in total. The molecule has 3 rings (SSSR count). The number of halogens is 1. The molecule has 4 nitrogen and oxygen atoms in total. The van der Waals surface area contributed by atoms with E-state index in [0.717, 1.165) is 20.2 Å². The highest BCUT2D eigenvalue weighted by Crippen LogP contribution is 2.23. The lowest BCUT2D eigenvalue weighted by molar-refractivity contribution is 0.415. The van der Waals surface area contributed by atoms with E-state index < -0.39 is 0 Å². The molecular formula is C17H14IN3O. The Bertz CT molecular complexity index is 813. The molecule has 0 saturated carbocycles. The van der Waals surface area contributed by atoms with Crippen LogP contribution in [-0.4, -0.2) is 12.1 Å². The number of ether oxygens (including phenoxy) is 1. The molecule has 0 bridgehead atoms. The minimum Gasteiger partial charge on any atom is -0.497 e. The topological polar surface area (TPSA) is 71.9 Å². The van der Waals surface area contributed by atoms with Crippen LogP contribution in [0.3, 0.4) is 0 Å². The second kappa shape index (κ2) is 7.61. The Morgan fingerprint density at radius 1 is 1.18 bits per heavy atom. The molecule has 0 aliphatic heterocycles. The van der Waals surface area contributed by atoms with Gasteiger partial charge in [0.25, 0.3) is 0 Å². The molecule has 0 spiro atoms. The van der Waals surface area contributed by atoms with E-state index in [1.54, 1.807) is 7.11 Å². The summed E-state index contributed by atoms with van der Waals surface area (Å²) in [5.74, 6) is 0.910. The third-order valence-electron chi connectivity index (χ3n) is 2.97. The number of nitrogen functional groups attached to an aromatic ring is 1. The Morgan fingerprint density at radius 2 is 1.91 bits per heavy atom. The van der Waals surface area contributed by atoms with Crippen molar-refractivity contribution in [3.05, 3.63) is 63.9 Å². The quantitative estimate of drug-likeness (QED) is 0.624. The smallest absolute Gasteiger partial charge is 0.118 e. The first-order valence-corrected chi connectivity index (χ1v) is 7.56. The number of hydrogen-bond donors (Lipinski definition) is 1. The van der Waals surface area contributed by atoms with Crippen LogP contribution in [0.25, 0.3) is 10.9 Å². The van der Waals surface area contributed by atoms with Gasteiger partial charge in [0.05, 0.1) is 23.9 Å². The van der Waals surface area contributed by atoms with E-state index in [9.17, 15) is 0 Å². The van der Waals surface area contributed by atoms with Crippen LogP contribution in [-0.2, 0) is 0 Å². The lowest BCUT2D eigenvalue weighted by Crippen LogP contribution is -1.94. The summed E-state index contributed by atoms with van der Waals surface area (Å²) in [7, 11) is 1.66. The van der Waals surface area contributed by atoms with Crippen LogP contribution in [0.1, 0.15) is 5.56 Å². The molecule has 0 unspecified atom stereocenters. The summed E-state index contributed by atoms with van der Waals surface area (Å²) in [6.45, 7) is 0. The Balaban J connectivity index is 0.000000188. The van der Waals surface area contributed by atoms with Crippen LogP contribution in [0.4, 0.5) is 5.69 Å². The summed E-state index contributed by atoms with van der Waals surface area (Å²) in [5.41, 5.74) is 7.59. The fraction of sp³-hybridized carbons (Fsp3) is 0.0588. The summed E-state index contributed by atoms with van der Waals surface area (Å²) >= 11 is 2.20. The molecule has 0 atom stereocenters. The number of para-hydroxylation sites is 1. The molecule has 0 amide bonds.